The summed E-state index contributed by atoms with van der Waals surface area (Å²) < 4.78 is 11.5. The molecule has 1 aromatic carbocycles. The summed E-state index contributed by atoms with van der Waals surface area (Å²) in [6.07, 6.45) is 2.67. The molecule has 1 aromatic heterocycles. The molecule has 0 spiro atoms. The van der Waals surface area contributed by atoms with Gasteiger partial charge in [-0.3, -0.25) is 9.78 Å². The largest absolute Gasteiger partial charge is 0.381 e. The molecule has 0 radical (unpaired) electrons. The zero-order chi connectivity index (χ0) is 17.6. The van der Waals surface area contributed by atoms with Crippen molar-refractivity contribution in [1.29, 1.82) is 0 Å². The summed E-state index contributed by atoms with van der Waals surface area (Å²) in [7, 11) is 0. The molecule has 1 amide bonds. The number of hydrogen-bond donors (Lipinski definition) is 1. The first kappa shape index (κ1) is 17.6. The standard InChI is InChI=1S/C20H24N2O3/c1-14-12-17(13-21-15(14)2)22-20(23)19(16-6-4-3-5-7-16)25-18-8-10-24-11-9-18/h3-7,12-13,18-19H,8-11H2,1-2H3,(H,22,23). The Bertz CT molecular complexity index is 712. The number of aryl methyl sites for hydroxylation is 2. The fraction of sp³-hybridized carbons (Fsp3) is 0.400. The molecular formula is C20H24N2O3. The van der Waals surface area contributed by atoms with Crippen molar-refractivity contribution >= 4 is 11.6 Å². The van der Waals surface area contributed by atoms with E-state index in [4.69, 9.17) is 9.47 Å². The monoisotopic (exact) mass is 340 g/mol. The Morgan fingerprint density at radius 3 is 2.64 bits per heavy atom. The predicted octanol–water partition coefficient (Wildman–Crippen LogP) is 3.57. The molecule has 5 heteroatoms. The molecule has 3 rings (SSSR count). The molecule has 1 fully saturated rings. The number of nitrogens with one attached hydrogen (secondary N) is 1. The van der Waals surface area contributed by atoms with Crippen molar-refractivity contribution in [1.82, 2.24) is 4.98 Å². The predicted molar refractivity (Wildman–Crippen MR) is 96.4 cm³/mol. The van der Waals surface area contributed by atoms with Gasteiger partial charge in [0.05, 0.1) is 18.0 Å². The van der Waals surface area contributed by atoms with Gasteiger partial charge in [-0.05, 0) is 43.9 Å². The summed E-state index contributed by atoms with van der Waals surface area (Å²) in [6, 6.07) is 11.5. The summed E-state index contributed by atoms with van der Waals surface area (Å²) in [4.78, 5) is 17.2. The SMILES string of the molecule is Cc1cc(NC(=O)C(OC2CCOCC2)c2ccccc2)cnc1C. The van der Waals surface area contributed by atoms with Crippen LogP contribution in [0.5, 0.6) is 0 Å². The highest BCUT2D eigenvalue weighted by Gasteiger charge is 2.26. The zero-order valence-corrected chi connectivity index (χ0v) is 14.7. The van der Waals surface area contributed by atoms with E-state index in [-0.39, 0.29) is 12.0 Å². The maximum Gasteiger partial charge on any atom is 0.258 e. The molecule has 0 saturated carbocycles. The number of rotatable bonds is 5. The smallest absolute Gasteiger partial charge is 0.258 e. The molecule has 25 heavy (non-hydrogen) atoms. The normalized spacial score (nSPS) is 16.4. The van der Waals surface area contributed by atoms with Gasteiger partial charge in [0.2, 0.25) is 0 Å². The number of carbonyl (C=O) groups is 1. The Morgan fingerprint density at radius 1 is 1.24 bits per heavy atom. The van der Waals surface area contributed by atoms with Crippen LogP contribution in [0.4, 0.5) is 5.69 Å². The second-order valence-corrected chi connectivity index (χ2v) is 6.35. The molecule has 5 nitrogen and oxygen atoms in total. The van der Waals surface area contributed by atoms with Gasteiger partial charge in [0.25, 0.3) is 5.91 Å². The van der Waals surface area contributed by atoms with Crippen LogP contribution in [0.15, 0.2) is 42.6 Å². The van der Waals surface area contributed by atoms with Gasteiger partial charge in [0, 0.05) is 18.9 Å². The van der Waals surface area contributed by atoms with E-state index in [1.807, 2.05) is 50.2 Å². The van der Waals surface area contributed by atoms with Crippen molar-refractivity contribution in [3.63, 3.8) is 0 Å². The van der Waals surface area contributed by atoms with Crippen molar-refractivity contribution in [2.75, 3.05) is 18.5 Å². The highest BCUT2D eigenvalue weighted by atomic mass is 16.5. The van der Waals surface area contributed by atoms with Crippen LogP contribution in [0.1, 0.15) is 35.8 Å². The molecule has 2 aromatic rings. The van der Waals surface area contributed by atoms with E-state index in [0.29, 0.717) is 18.9 Å². The number of carbonyl (C=O) groups excluding carboxylic acids is 1. The van der Waals surface area contributed by atoms with E-state index >= 15 is 0 Å². The third-order valence-electron chi connectivity index (χ3n) is 4.44. The van der Waals surface area contributed by atoms with Gasteiger partial charge in [-0.2, -0.15) is 0 Å². The van der Waals surface area contributed by atoms with Crippen LogP contribution >= 0.6 is 0 Å². The Kier molecular flexibility index (Phi) is 5.79. The Balaban J connectivity index is 1.77. The molecule has 0 aliphatic carbocycles. The second-order valence-electron chi connectivity index (χ2n) is 6.35. The lowest BCUT2D eigenvalue weighted by molar-refractivity contribution is -0.136. The molecule has 132 valence electrons. The van der Waals surface area contributed by atoms with Crippen LogP contribution < -0.4 is 5.32 Å². The van der Waals surface area contributed by atoms with Crippen molar-refractivity contribution < 1.29 is 14.3 Å². The van der Waals surface area contributed by atoms with E-state index in [0.717, 1.165) is 29.7 Å². The molecule has 1 aliphatic rings. The Morgan fingerprint density at radius 2 is 1.96 bits per heavy atom. The van der Waals surface area contributed by atoms with E-state index in [9.17, 15) is 4.79 Å². The van der Waals surface area contributed by atoms with Crippen LogP contribution in [0, 0.1) is 13.8 Å². The molecule has 1 aliphatic heterocycles. The number of ether oxygens (including phenoxy) is 2. The zero-order valence-electron chi connectivity index (χ0n) is 14.7. The van der Waals surface area contributed by atoms with Gasteiger partial charge in [-0.25, -0.2) is 0 Å². The topological polar surface area (TPSA) is 60.5 Å². The molecular weight excluding hydrogens is 316 g/mol. The molecule has 1 unspecified atom stereocenters. The van der Waals surface area contributed by atoms with Gasteiger partial charge in [0.1, 0.15) is 0 Å². The highest BCUT2D eigenvalue weighted by molar-refractivity contribution is 5.94. The molecule has 2 heterocycles. The summed E-state index contributed by atoms with van der Waals surface area (Å²) in [5.74, 6) is -0.178. The minimum atomic E-state index is -0.647. The number of benzene rings is 1. The number of anilines is 1. The first-order valence-corrected chi connectivity index (χ1v) is 8.66. The van der Waals surface area contributed by atoms with Gasteiger partial charge >= 0.3 is 0 Å². The number of nitrogens with zero attached hydrogens (tertiary/aromatic N) is 1. The third kappa shape index (κ3) is 4.65. The molecule has 1 N–H and O–H groups in total. The molecule has 0 bridgehead atoms. The fourth-order valence-electron chi connectivity index (χ4n) is 2.84. The van der Waals surface area contributed by atoms with Crippen molar-refractivity contribution in [2.24, 2.45) is 0 Å². The molecule has 1 atom stereocenters. The summed E-state index contributed by atoms with van der Waals surface area (Å²) in [5.41, 5.74) is 3.53. The number of amides is 1. The van der Waals surface area contributed by atoms with E-state index in [1.165, 1.54) is 0 Å². The minimum Gasteiger partial charge on any atom is -0.381 e. The van der Waals surface area contributed by atoms with Crippen molar-refractivity contribution in [2.45, 2.75) is 38.9 Å². The van der Waals surface area contributed by atoms with Gasteiger partial charge < -0.3 is 14.8 Å². The van der Waals surface area contributed by atoms with Crippen LogP contribution in [-0.2, 0) is 14.3 Å². The van der Waals surface area contributed by atoms with Gasteiger partial charge in [-0.1, -0.05) is 30.3 Å². The summed E-state index contributed by atoms with van der Waals surface area (Å²) >= 11 is 0. The van der Waals surface area contributed by atoms with Crippen LogP contribution in [0.3, 0.4) is 0 Å². The summed E-state index contributed by atoms with van der Waals surface area (Å²) in [6.45, 7) is 5.27. The van der Waals surface area contributed by atoms with Crippen LogP contribution in [-0.4, -0.2) is 30.2 Å². The maximum atomic E-state index is 12.9. The third-order valence-corrected chi connectivity index (χ3v) is 4.44. The van der Waals surface area contributed by atoms with E-state index < -0.39 is 6.10 Å². The molecule has 1 saturated heterocycles. The van der Waals surface area contributed by atoms with Crippen molar-refractivity contribution in [3.05, 3.63) is 59.4 Å². The number of pyridine rings is 1. The quantitative estimate of drug-likeness (QED) is 0.904. The van der Waals surface area contributed by atoms with E-state index in [2.05, 4.69) is 10.3 Å². The first-order valence-electron chi connectivity index (χ1n) is 8.66. The highest BCUT2D eigenvalue weighted by Crippen LogP contribution is 2.25. The van der Waals surface area contributed by atoms with Gasteiger partial charge in [-0.15, -0.1) is 0 Å². The van der Waals surface area contributed by atoms with Crippen LogP contribution in [0.2, 0.25) is 0 Å². The summed E-state index contributed by atoms with van der Waals surface area (Å²) in [5, 5.41) is 2.94. The number of aromatic nitrogens is 1. The lowest BCUT2D eigenvalue weighted by Crippen LogP contribution is -2.31. The fourth-order valence-corrected chi connectivity index (χ4v) is 2.84. The average Bonchev–Trinajstić information content (AvgIpc) is 2.64. The number of hydrogen-bond acceptors (Lipinski definition) is 4. The van der Waals surface area contributed by atoms with Crippen LogP contribution in [0.25, 0.3) is 0 Å². The Labute approximate surface area is 148 Å². The van der Waals surface area contributed by atoms with E-state index in [1.54, 1.807) is 6.20 Å². The van der Waals surface area contributed by atoms with Gasteiger partial charge in [0.15, 0.2) is 6.10 Å². The second kappa shape index (κ2) is 8.23. The first-order chi connectivity index (χ1) is 12.1. The lowest BCUT2D eigenvalue weighted by Gasteiger charge is -2.27. The maximum absolute atomic E-state index is 12.9. The Hall–Kier alpha value is -2.24. The average molecular weight is 340 g/mol. The minimum absolute atomic E-state index is 0.0302. The lowest BCUT2D eigenvalue weighted by atomic mass is 10.1. The van der Waals surface area contributed by atoms with Crippen molar-refractivity contribution in [3.8, 4) is 0 Å².